The number of ketones is 1. The summed E-state index contributed by atoms with van der Waals surface area (Å²) in [6, 6.07) is 3.53. The summed E-state index contributed by atoms with van der Waals surface area (Å²) >= 11 is 0. The fraction of sp³-hybridized carbons (Fsp3) is 0.312. The summed E-state index contributed by atoms with van der Waals surface area (Å²) in [5.41, 5.74) is 4.15. The lowest BCUT2D eigenvalue weighted by Crippen LogP contribution is -2.08. The first-order valence-electron chi connectivity index (χ1n) is 6.48. The van der Waals surface area contributed by atoms with E-state index in [1.165, 1.54) is 0 Å². The number of aromatic nitrogens is 2. The van der Waals surface area contributed by atoms with Gasteiger partial charge >= 0.3 is 0 Å². The van der Waals surface area contributed by atoms with Crippen molar-refractivity contribution in [3.63, 3.8) is 0 Å². The van der Waals surface area contributed by atoms with E-state index in [2.05, 4.69) is 9.97 Å². The summed E-state index contributed by atoms with van der Waals surface area (Å²) < 4.78 is 5.36. The van der Waals surface area contributed by atoms with Crippen LogP contribution in [0.5, 0.6) is 5.75 Å². The van der Waals surface area contributed by atoms with Gasteiger partial charge in [0.1, 0.15) is 5.75 Å². The first kappa shape index (κ1) is 14.2. The highest BCUT2D eigenvalue weighted by atomic mass is 16.5. The molecule has 2 rings (SSSR count). The fourth-order valence-corrected chi connectivity index (χ4v) is 2.22. The maximum atomic E-state index is 12.3. The first-order chi connectivity index (χ1) is 9.52. The summed E-state index contributed by atoms with van der Waals surface area (Å²) in [7, 11) is 1.63. The highest BCUT2D eigenvalue weighted by Gasteiger charge is 2.14. The van der Waals surface area contributed by atoms with E-state index in [-0.39, 0.29) is 12.2 Å². The van der Waals surface area contributed by atoms with Gasteiger partial charge in [-0.1, -0.05) is 0 Å². The third kappa shape index (κ3) is 2.85. The Balaban J connectivity index is 2.29. The SMILES string of the molecule is COc1c(C)cnc(CC(=O)c2ccnc(C)c2)c1C. The molecule has 104 valence electrons. The number of carbonyl (C=O) groups excluding carboxylic acids is 1. The highest BCUT2D eigenvalue weighted by Crippen LogP contribution is 2.24. The molecule has 0 radical (unpaired) electrons. The average Bonchev–Trinajstić information content (AvgIpc) is 2.42. The second-order valence-corrected chi connectivity index (χ2v) is 4.83. The molecule has 0 aliphatic rings. The van der Waals surface area contributed by atoms with Crippen LogP contribution in [0.3, 0.4) is 0 Å². The van der Waals surface area contributed by atoms with E-state index in [9.17, 15) is 4.79 Å². The van der Waals surface area contributed by atoms with E-state index in [4.69, 9.17) is 4.74 Å². The van der Waals surface area contributed by atoms with E-state index < -0.39 is 0 Å². The quantitative estimate of drug-likeness (QED) is 0.802. The number of carbonyl (C=O) groups is 1. The van der Waals surface area contributed by atoms with Crippen molar-refractivity contribution in [1.29, 1.82) is 0 Å². The van der Waals surface area contributed by atoms with Crippen molar-refractivity contribution < 1.29 is 9.53 Å². The molecule has 0 N–H and O–H groups in total. The molecule has 0 unspecified atom stereocenters. The van der Waals surface area contributed by atoms with Crippen molar-refractivity contribution in [2.24, 2.45) is 0 Å². The summed E-state index contributed by atoms with van der Waals surface area (Å²) in [4.78, 5) is 20.8. The lowest BCUT2D eigenvalue weighted by atomic mass is 10.0. The molecular formula is C16H18N2O2. The molecule has 2 aromatic rings. The first-order valence-corrected chi connectivity index (χ1v) is 6.48. The number of ether oxygens (including phenoxy) is 1. The van der Waals surface area contributed by atoms with Gasteiger partial charge < -0.3 is 4.74 Å². The Bertz CT molecular complexity index is 651. The van der Waals surface area contributed by atoms with Crippen molar-refractivity contribution in [2.45, 2.75) is 27.2 Å². The van der Waals surface area contributed by atoms with Crippen LogP contribution in [0.4, 0.5) is 0 Å². The van der Waals surface area contributed by atoms with Crippen molar-refractivity contribution in [3.05, 3.63) is 52.6 Å². The van der Waals surface area contributed by atoms with Gasteiger partial charge in [0.05, 0.1) is 19.2 Å². The number of methoxy groups -OCH3 is 1. The molecule has 0 atom stereocenters. The molecule has 20 heavy (non-hydrogen) atoms. The Labute approximate surface area is 118 Å². The molecule has 2 heterocycles. The number of aryl methyl sites for hydroxylation is 2. The van der Waals surface area contributed by atoms with Gasteiger partial charge in [0.15, 0.2) is 5.78 Å². The summed E-state index contributed by atoms with van der Waals surface area (Å²) in [5.74, 6) is 0.839. The highest BCUT2D eigenvalue weighted by molar-refractivity contribution is 5.97. The zero-order valence-corrected chi connectivity index (χ0v) is 12.2. The van der Waals surface area contributed by atoms with Crippen LogP contribution in [0.1, 0.15) is 32.9 Å². The maximum absolute atomic E-state index is 12.3. The Kier molecular flexibility index (Phi) is 4.13. The van der Waals surface area contributed by atoms with Crippen LogP contribution in [0, 0.1) is 20.8 Å². The van der Waals surface area contributed by atoms with Crippen LogP contribution in [0.25, 0.3) is 0 Å². The molecule has 0 fully saturated rings. The van der Waals surface area contributed by atoms with Gasteiger partial charge in [-0.3, -0.25) is 14.8 Å². The van der Waals surface area contributed by atoms with Crippen LogP contribution in [0.2, 0.25) is 0 Å². The lowest BCUT2D eigenvalue weighted by molar-refractivity contribution is 0.0991. The van der Waals surface area contributed by atoms with Crippen molar-refractivity contribution in [3.8, 4) is 5.75 Å². The Morgan fingerprint density at radius 2 is 2.00 bits per heavy atom. The van der Waals surface area contributed by atoms with Crippen LogP contribution >= 0.6 is 0 Å². The van der Waals surface area contributed by atoms with E-state index in [1.807, 2.05) is 20.8 Å². The summed E-state index contributed by atoms with van der Waals surface area (Å²) in [6.07, 6.45) is 3.66. The molecule has 0 saturated heterocycles. The number of hydrogen-bond donors (Lipinski definition) is 0. The third-order valence-electron chi connectivity index (χ3n) is 3.30. The minimum absolute atomic E-state index is 0.0389. The Morgan fingerprint density at radius 3 is 2.65 bits per heavy atom. The van der Waals surface area contributed by atoms with E-state index in [0.29, 0.717) is 5.56 Å². The van der Waals surface area contributed by atoms with E-state index >= 15 is 0 Å². The molecule has 0 amide bonds. The van der Waals surface area contributed by atoms with Gasteiger partial charge in [0.25, 0.3) is 0 Å². The maximum Gasteiger partial charge on any atom is 0.168 e. The monoisotopic (exact) mass is 270 g/mol. The van der Waals surface area contributed by atoms with Crippen molar-refractivity contribution in [1.82, 2.24) is 9.97 Å². The third-order valence-corrected chi connectivity index (χ3v) is 3.30. The van der Waals surface area contributed by atoms with Crippen LogP contribution in [-0.4, -0.2) is 22.9 Å². The van der Waals surface area contributed by atoms with Gasteiger partial charge in [0, 0.05) is 34.8 Å². The predicted octanol–water partition coefficient (Wildman–Crippen LogP) is 2.84. The molecule has 0 aliphatic heterocycles. The number of pyridine rings is 2. The molecule has 4 nitrogen and oxygen atoms in total. The van der Waals surface area contributed by atoms with E-state index in [0.717, 1.165) is 28.3 Å². The molecule has 0 spiro atoms. The number of nitrogens with zero attached hydrogens (tertiary/aromatic N) is 2. The second kappa shape index (κ2) is 5.82. The second-order valence-electron chi connectivity index (χ2n) is 4.83. The van der Waals surface area contributed by atoms with Crippen LogP contribution < -0.4 is 4.74 Å². The van der Waals surface area contributed by atoms with Crippen LogP contribution in [-0.2, 0) is 6.42 Å². The number of hydrogen-bond acceptors (Lipinski definition) is 4. The van der Waals surface area contributed by atoms with Gasteiger partial charge in [-0.05, 0) is 32.9 Å². The van der Waals surface area contributed by atoms with Gasteiger partial charge in [-0.2, -0.15) is 0 Å². The molecule has 0 bridgehead atoms. The zero-order chi connectivity index (χ0) is 14.7. The average molecular weight is 270 g/mol. The molecule has 4 heteroatoms. The molecule has 2 aromatic heterocycles. The minimum atomic E-state index is 0.0389. The molecule has 0 saturated carbocycles. The van der Waals surface area contributed by atoms with Crippen molar-refractivity contribution >= 4 is 5.78 Å². The summed E-state index contributed by atoms with van der Waals surface area (Å²) in [5, 5.41) is 0. The molecule has 0 aromatic carbocycles. The smallest absolute Gasteiger partial charge is 0.168 e. The largest absolute Gasteiger partial charge is 0.496 e. The van der Waals surface area contributed by atoms with Gasteiger partial charge in [-0.15, -0.1) is 0 Å². The number of Topliss-reactive ketones (excluding diaryl/α,β-unsaturated/α-hetero) is 1. The van der Waals surface area contributed by atoms with Crippen molar-refractivity contribution in [2.75, 3.05) is 7.11 Å². The molecule has 0 aliphatic carbocycles. The standard InChI is InChI=1S/C16H18N2O2/c1-10-9-18-14(12(3)16(10)20-4)8-15(19)13-5-6-17-11(2)7-13/h5-7,9H,8H2,1-4H3. The van der Waals surface area contributed by atoms with Gasteiger partial charge in [0.2, 0.25) is 0 Å². The summed E-state index contributed by atoms with van der Waals surface area (Å²) in [6.45, 7) is 5.74. The predicted molar refractivity (Wildman–Crippen MR) is 77.3 cm³/mol. The number of rotatable bonds is 4. The Hall–Kier alpha value is -2.23. The minimum Gasteiger partial charge on any atom is -0.496 e. The fourth-order valence-electron chi connectivity index (χ4n) is 2.22. The van der Waals surface area contributed by atoms with E-state index in [1.54, 1.807) is 31.6 Å². The zero-order valence-electron chi connectivity index (χ0n) is 12.2. The lowest BCUT2D eigenvalue weighted by Gasteiger charge is -2.11. The topological polar surface area (TPSA) is 52.1 Å². The molecular weight excluding hydrogens is 252 g/mol. The normalized spacial score (nSPS) is 10.4. The van der Waals surface area contributed by atoms with Gasteiger partial charge in [-0.25, -0.2) is 0 Å². The van der Waals surface area contributed by atoms with Crippen LogP contribution in [0.15, 0.2) is 24.5 Å². The Morgan fingerprint density at radius 1 is 1.25 bits per heavy atom.